The quantitative estimate of drug-likeness (QED) is 0.528. The van der Waals surface area contributed by atoms with E-state index in [2.05, 4.69) is 4.74 Å². The van der Waals surface area contributed by atoms with E-state index in [1.165, 1.54) is 6.92 Å². The SMILES string of the molecule is CCOC(=O)Cc1cc(C(F)(F)F)cc(N)c1C(F)(F)F. The molecule has 0 radical (unpaired) electrons. The van der Waals surface area contributed by atoms with Crippen LogP contribution < -0.4 is 5.73 Å². The predicted octanol–water partition coefficient (Wildman–Crippen LogP) is 3.41. The van der Waals surface area contributed by atoms with Gasteiger partial charge in [0.15, 0.2) is 0 Å². The van der Waals surface area contributed by atoms with Crippen LogP contribution in [0.25, 0.3) is 0 Å². The molecule has 0 fully saturated rings. The van der Waals surface area contributed by atoms with E-state index in [1.54, 1.807) is 0 Å². The number of carbonyl (C=O) groups excluding carboxylic acids is 1. The van der Waals surface area contributed by atoms with E-state index in [1.807, 2.05) is 0 Å². The molecule has 0 atom stereocenters. The minimum atomic E-state index is -4.98. The minimum absolute atomic E-state index is 0.103. The molecule has 1 rings (SSSR count). The molecule has 0 bridgehead atoms. The Hall–Kier alpha value is -1.93. The molecular weight excluding hydrogens is 304 g/mol. The molecule has 0 saturated heterocycles. The van der Waals surface area contributed by atoms with E-state index in [9.17, 15) is 31.1 Å². The average Bonchev–Trinajstić information content (AvgIpc) is 2.25. The average molecular weight is 315 g/mol. The number of nitrogens with two attached hydrogens (primary N) is 1. The standard InChI is InChI=1S/C12H11F6NO2/c1-2-21-9(20)4-6-3-7(11(13,14)15)5-8(19)10(6)12(16,17)18/h3,5H,2,4,19H2,1H3. The molecule has 0 aromatic heterocycles. The Morgan fingerprint density at radius 2 is 1.71 bits per heavy atom. The molecule has 0 spiro atoms. The third-order valence-corrected chi connectivity index (χ3v) is 2.50. The second-order valence-electron chi connectivity index (χ2n) is 4.08. The van der Waals surface area contributed by atoms with Gasteiger partial charge in [-0.25, -0.2) is 0 Å². The smallest absolute Gasteiger partial charge is 0.418 e. The Balaban J connectivity index is 3.40. The third-order valence-electron chi connectivity index (χ3n) is 2.50. The van der Waals surface area contributed by atoms with Gasteiger partial charge in [0.05, 0.1) is 24.2 Å². The fourth-order valence-electron chi connectivity index (χ4n) is 1.74. The van der Waals surface area contributed by atoms with Crippen LogP contribution in [0.2, 0.25) is 0 Å². The Morgan fingerprint density at radius 1 is 1.14 bits per heavy atom. The van der Waals surface area contributed by atoms with Gasteiger partial charge in [-0.05, 0) is 24.6 Å². The van der Waals surface area contributed by atoms with Gasteiger partial charge in [0.2, 0.25) is 0 Å². The van der Waals surface area contributed by atoms with Crippen molar-refractivity contribution in [1.82, 2.24) is 0 Å². The molecule has 118 valence electrons. The first kappa shape index (κ1) is 17.1. The van der Waals surface area contributed by atoms with Crippen molar-refractivity contribution in [3.8, 4) is 0 Å². The Labute approximate surface area is 115 Å². The summed E-state index contributed by atoms with van der Waals surface area (Å²) in [4.78, 5) is 11.3. The molecule has 0 aliphatic heterocycles. The van der Waals surface area contributed by atoms with Crippen molar-refractivity contribution in [2.75, 3.05) is 12.3 Å². The van der Waals surface area contributed by atoms with Crippen LogP contribution in [-0.2, 0) is 28.3 Å². The van der Waals surface area contributed by atoms with E-state index >= 15 is 0 Å². The molecule has 0 heterocycles. The lowest BCUT2D eigenvalue weighted by atomic mass is 9.98. The number of hydrogen-bond donors (Lipinski definition) is 1. The normalized spacial score (nSPS) is 12.3. The minimum Gasteiger partial charge on any atom is -0.466 e. The monoisotopic (exact) mass is 315 g/mol. The molecule has 0 aliphatic rings. The first-order valence-electron chi connectivity index (χ1n) is 5.69. The van der Waals surface area contributed by atoms with Gasteiger partial charge in [0, 0.05) is 5.69 Å². The van der Waals surface area contributed by atoms with E-state index in [0.717, 1.165) is 0 Å². The van der Waals surface area contributed by atoms with Crippen LogP contribution in [0.5, 0.6) is 0 Å². The lowest BCUT2D eigenvalue weighted by molar-refractivity contribution is -0.144. The summed E-state index contributed by atoms with van der Waals surface area (Å²) in [5.41, 5.74) is 0.319. The first-order chi connectivity index (χ1) is 9.46. The third kappa shape index (κ3) is 4.27. The number of anilines is 1. The molecule has 2 N–H and O–H groups in total. The van der Waals surface area contributed by atoms with Crippen LogP contribution in [0.3, 0.4) is 0 Å². The van der Waals surface area contributed by atoms with Crippen molar-refractivity contribution < 1.29 is 35.9 Å². The number of halogens is 6. The van der Waals surface area contributed by atoms with E-state index in [-0.39, 0.29) is 18.7 Å². The molecule has 21 heavy (non-hydrogen) atoms. The Kier molecular flexibility index (Phi) is 4.75. The van der Waals surface area contributed by atoms with Gasteiger partial charge in [-0.2, -0.15) is 26.3 Å². The topological polar surface area (TPSA) is 52.3 Å². The highest BCUT2D eigenvalue weighted by molar-refractivity contribution is 5.74. The van der Waals surface area contributed by atoms with Crippen molar-refractivity contribution in [2.24, 2.45) is 0 Å². The summed E-state index contributed by atoms with van der Waals surface area (Å²) < 4.78 is 80.9. The number of carbonyl (C=O) groups is 1. The first-order valence-corrected chi connectivity index (χ1v) is 5.69. The lowest BCUT2D eigenvalue weighted by Gasteiger charge is -2.18. The van der Waals surface area contributed by atoms with E-state index < -0.39 is 47.1 Å². The number of esters is 1. The fraction of sp³-hybridized carbons (Fsp3) is 0.417. The zero-order valence-corrected chi connectivity index (χ0v) is 10.7. The number of rotatable bonds is 3. The molecule has 0 unspecified atom stereocenters. The van der Waals surface area contributed by atoms with Crippen LogP contribution in [0.1, 0.15) is 23.6 Å². The molecular formula is C12H11F6NO2. The van der Waals surface area contributed by atoms with Gasteiger partial charge < -0.3 is 10.5 Å². The number of alkyl halides is 6. The van der Waals surface area contributed by atoms with Crippen molar-refractivity contribution in [2.45, 2.75) is 25.7 Å². The molecule has 3 nitrogen and oxygen atoms in total. The van der Waals surface area contributed by atoms with Gasteiger partial charge in [-0.3, -0.25) is 4.79 Å². The maximum absolute atomic E-state index is 12.9. The molecule has 0 amide bonds. The summed E-state index contributed by atoms with van der Waals surface area (Å²) in [6.45, 7) is 1.32. The summed E-state index contributed by atoms with van der Waals surface area (Å²) >= 11 is 0. The Bertz CT molecular complexity index is 536. The maximum Gasteiger partial charge on any atom is 0.418 e. The van der Waals surface area contributed by atoms with Crippen LogP contribution in [0.15, 0.2) is 12.1 Å². The van der Waals surface area contributed by atoms with Crippen molar-refractivity contribution in [3.63, 3.8) is 0 Å². The van der Waals surface area contributed by atoms with Crippen LogP contribution in [-0.4, -0.2) is 12.6 Å². The predicted molar refractivity (Wildman–Crippen MR) is 61.2 cm³/mol. The maximum atomic E-state index is 12.9. The highest BCUT2D eigenvalue weighted by Crippen LogP contribution is 2.40. The molecule has 0 aliphatic carbocycles. The summed E-state index contributed by atoms with van der Waals surface area (Å²) in [7, 11) is 0. The van der Waals surface area contributed by atoms with Crippen LogP contribution in [0, 0.1) is 0 Å². The number of ether oxygens (including phenoxy) is 1. The summed E-state index contributed by atoms with van der Waals surface area (Å²) in [5, 5.41) is 0. The second-order valence-corrected chi connectivity index (χ2v) is 4.08. The van der Waals surface area contributed by atoms with E-state index in [0.29, 0.717) is 0 Å². The van der Waals surface area contributed by atoms with Crippen LogP contribution >= 0.6 is 0 Å². The van der Waals surface area contributed by atoms with Crippen molar-refractivity contribution in [1.29, 1.82) is 0 Å². The molecule has 1 aromatic rings. The Morgan fingerprint density at radius 3 is 2.14 bits per heavy atom. The zero-order valence-electron chi connectivity index (χ0n) is 10.7. The van der Waals surface area contributed by atoms with Gasteiger partial charge in [-0.15, -0.1) is 0 Å². The van der Waals surface area contributed by atoms with E-state index in [4.69, 9.17) is 5.73 Å². The van der Waals surface area contributed by atoms with Gasteiger partial charge >= 0.3 is 18.3 Å². The molecule has 9 heteroatoms. The van der Waals surface area contributed by atoms with Crippen molar-refractivity contribution in [3.05, 3.63) is 28.8 Å². The number of nitrogen functional groups attached to an aromatic ring is 1. The molecule has 1 aromatic carbocycles. The van der Waals surface area contributed by atoms with Crippen LogP contribution in [0.4, 0.5) is 32.0 Å². The highest BCUT2D eigenvalue weighted by Gasteiger charge is 2.39. The largest absolute Gasteiger partial charge is 0.466 e. The summed E-state index contributed by atoms with van der Waals surface area (Å²) in [6, 6.07) is 0.452. The van der Waals surface area contributed by atoms with Gasteiger partial charge in [-0.1, -0.05) is 0 Å². The summed E-state index contributed by atoms with van der Waals surface area (Å²) in [6.07, 6.45) is -10.8. The molecule has 0 saturated carbocycles. The number of benzene rings is 1. The second kappa shape index (κ2) is 5.82. The van der Waals surface area contributed by atoms with Crippen molar-refractivity contribution >= 4 is 11.7 Å². The zero-order chi connectivity index (χ0) is 16.4. The summed E-state index contributed by atoms with van der Waals surface area (Å²) in [5.74, 6) is -1.07. The highest BCUT2D eigenvalue weighted by atomic mass is 19.4. The lowest BCUT2D eigenvalue weighted by Crippen LogP contribution is -2.18. The fourth-order valence-corrected chi connectivity index (χ4v) is 1.74. The van der Waals surface area contributed by atoms with Gasteiger partial charge in [0.25, 0.3) is 0 Å². The van der Waals surface area contributed by atoms with Gasteiger partial charge in [0.1, 0.15) is 0 Å². The number of hydrogen-bond acceptors (Lipinski definition) is 3.